The molecule has 1 N–H and O–H groups in total. The van der Waals surface area contributed by atoms with Crippen LogP contribution in [-0.4, -0.2) is 32.8 Å². The van der Waals surface area contributed by atoms with Crippen LogP contribution in [0.25, 0.3) is 6.08 Å². The fraction of sp³-hybridized carbons (Fsp3) is 0.348. The Balaban J connectivity index is 1.97. The summed E-state index contributed by atoms with van der Waals surface area (Å²) in [5.74, 6) is 2.43. The number of carbonyl (C=O) groups is 1. The number of hydrogen-bond acceptors (Lipinski definition) is 5. The lowest BCUT2D eigenvalue weighted by Gasteiger charge is -2.13. The topological polar surface area (TPSA) is 66.0 Å². The standard InChI is InChI=1S/C23H29NO5/c1-6-28-19-10-8-18(14-21(19)26-4)15-24-23(25)12-9-17-7-11-20(29-16(2)3)22(13-17)27-5/h7-14,16H,6,15H2,1-5H3,(H,24,25)/b12-9+. The number of carbonyl (C=O) groups excluding carboxylic acids is 1. The second kappa shape index (κ2) is 11.0. The molecule has 6 nitrogen and oxygen atoms in total. The highest BCUT2D eigenvalue weighted by atomic mass is 16.5. The van der Waals surface area contributed by atoms with Gasteiger partial charge in [0.05, 0.1) is 26.9 Å². The number of hydrogen-bond donors (Lipinski definition) is 1. The quantitative estimate of drug-likeness (QED) is 0.606. The largest absolute Gasteiger partial charge is 0.493 e. The van der Waals surface area contributed by atoms with Crippen molar-refractivity contribution < 1.29 is 23.7 Å². The van der Waals surface area contributed by atoms with E-state index in [1.807, 2.05) is 57.2 Å². The van der Waals surface area contributed by atoms with Gasteiger partial charge in [0.2, 0.25) is 5.91 Å². The zero-order valence-electron chi connectivity index (χ0n) is 17.7. The summed E-state index contributed by atoms with van der Waals surface area (Å²) in [7, 11) is 3.18. The minimum absolute atomic E-state index is 0.0531. The van der Waals surface area contributed by atoms with Crippen LogP contribution in [0.2, 0.25) is 0 Å². The Morgan fingerprint density at radius 2 is 1.69 bits per heavy atom. The number of nitrogens with one attached hydrogen (secondary N) is 1. The first-order valence-electron chi connectivity index (χ1n) is 9.57. The summed E-state index contributed by atoms with van der Waals surface area (Å²) < 4.78 is 21.9. The highest BCUT2D eigenvalue weighted by Gasteiger charge is 2.08. The molecule has 156 valence electrons. The SMILES string of the molecule is CCOc1ccc(CNC(=O)/C=C/c2ccc(OC(C)C)c(OC)c2)cc1OC. The normalized spacial score (nSPS) is 10.8. The van der Waals surface area contributed by atoms with Crippen LogP contribution < -0.4 is 24.3 Å². The van der Waals surface area contributed by atoms with Crippen molar-refractivity contribution in [2.24, 2.45) is 0 Å². The van der Waals surface area contributed by atoms with Crippen LogP contribution in [0.4, 0.5) is 0 Å². The summed E-state index contributed by atoms with van der Waals surface area (Å²) in [6.45, 7) is 6.78. The molecule has 2 aromatic rings. The fourth-order valence-corrected chi connectivity index (χ4v) is 2.66. The zero-order valence-corrected chi connectivity index (χ0v) is 17.7. The smallest absolute Gasteiger partial charge is 0.244 e. The number of benzene rings is 2. The maximum absolute atomic E-state index is 12.2. The lowest BCUT2D eigenvalue weighted by molar-refractivity contribution is -0.116. The zero-order chi connectivity index (χ0) is 21.2. The van der Waals surface area contributed by atoms with Crippen LogP contribution in [0.5, 0.6) is 23.0 Å². The van der Waals surface area contributed by atoms with E-state index in [0.29, 0.717) is 36.1 Å². The molecule has 0 aliphatic heterocycles. The molecule has 6 heteroatoms. The van der Waals surface area contributed by atoms with Crippen molar-refractivity contribution in [3.05, 3.63) is 53.6 Å². The molecular formula is C23H29NO5. The second-order valence-corrected chi connectivity index (χ2v) is 6.55. The monoisotopic (exact) mass is 399 g/mol. The van der Waals surface area contributed by atoms with Gasteiger partial charge < -0.3 is 24.3 Å². The average Bonchev–Trinajstić information content (AvgIpc) is 2.72. The summed E-state index contributed by atoms with van der Waals surface area (Å²) >= 11 is 0. The molecule has 0 atom stereocenters. The Kier molecular flexibility index (Phi) is 8.40. The molecule has 2 rings (SSSR count). The molecule has 0 saturated carbocycles. The van der Waals surface area contributed by atoms with Crippen LogP contribution in [0.1, 0.15) is 31.9 Å². The van der Waals surface area contributed by atoms with Gasteiger partial charge in [-0.25, -0.2) is 0 Å². The average molecular weight is 399 g/mol. The van der Waals surface area contributed by atoms with Crippen LogP contribution in [-0.2, 0) is 11.3 Å². The van der Waals surface area contributed by atoms with E-state index in [1.54, 1.807) is 20.3 Å². The van der Waals surface area contributed by atoms with Crippen LogP contribution >= 0.6 is 0 Å². The number of rotatable bonds is 10. The van der Waals surface area contributed by atoms with Gasteiger partial charge in [0.15, 0.2) is 23.0 Å². The minimum atomic E-state index is -0.195. The first-order chi connectivity index (χ1) is 14.0. The maximum atomic E-state index is 12.2. The molecule has 1 amide bonds. The summed E-state index contributed by atoms with van der Waals surface area (Å²) in [4.78, 5) is 12.2. The molecule has 2 aromatic carbocycles. The molecule has 0 bridgehead atoms. The van der Waals surface area contributed by atoms with E-state index in [-0.39, 0.29) is 12.0 Å². The van der Waals surface area contributed by atoms with Gasteiger partial charge in [0, 0.05) is 12.6 Å². The Hall–Kier alpha value is -3.15. The Bertz CT molecular complexity index is 845. The van der Waals surface area contributed by atoms with Crippen molar-refractivity contribution in [1.82, 2.24) is 5.32 Å². The van der Waals surface area contributed by atoms with Gasteiger partial charge in [-0.15, -0.1) is 0 Å². The van der Waals surface area contributed by atoms with E-state index in [0.717, 1.165) is 11.1 Å². The molecule has 0 unspecified atom stereocenters. The first kappa shape index (κ1) is 22.1. The van der Waals surface area contributed by atoms with Crippen molar-refractivity contribution in [3.8, 4) is 23.0 Å². The van der Waals surface area contributed by atoms with Crippen LogP contribution in [0.15, 0.2) is 42.5 Å². The van der Waals surface area contributed by atoms with Gasteiger partial charge in [-0.05, 0) is 62.2 Å². The van der Waals surface area contributed by atoms with Crippen LogP contribution in [0, 0.1) is 0 Å². The van der Waals surface area contributed by atoms with E-state index in [9.17, 15) is 4.79 Å². The number of amides is 1. The molecule has 0 aliphatic rings. The lowest BCUT2D eigenvalue weighted by atomic mass is 10.1. The van der Waals surface area contributed by atoms with E-state index in [2.05, 4.69) is 5.32 Å². The molecule has 0 fully saturated rings. The van der Waals surface area contributed by atoms with Gasteiger partial charge >= 0.3 is 0 Å². The number of ether oxygens (including phenoxy) is 4. The highest BCUT2D eigenvalue weighted by Crippen LogP contribution is 2.29. The van der Waals surface area contributed by atoms with Gasteiger partial charge in [-0.2, -0.15) is 0 Å². The van der Waals surface area contributed by atoms with Gasteiger partial charge in [0.1, 0.15) is 0 Å². The molecule has 0 aromatic heterocycles. The minimum Gasteiger partial charge on any atom is -0.493 e. The summed E-state index contributed by atoms with van der Waals surface area (Å²) in [5.41, 5.74) is 1.76. The Morgan fingerprint density at radius 3 is 2.34 bits per heavy atom. The van der Waals surface area contributed by atoms with Crippen molar-refractivity contribution in [3.63, 3.8) is 0 Å². The predicted octanol–water partition coefficient (Wildman–Crippen LogP) is 4.22. The third-order valence-electron chi connectivity index (χ3n) is 3.97. The molecule has 0 spiro atoms. The highest BCUT2D eigenvalue weighted by molar-refractivity contribution is 5.91. The first-order valence-corrected chi connectivity index (χ1v) is 9.57. The van der Waals surface area contributed by atoms with Gasteiger partial charge in [0.25, 0.3) is 0 Å². The molecule has 29 heavy (non-hydrogen) atoms. The molecular weight excluding hydrogens is 370 g/mol. The van der Waals surface area contributed by atoms with Crippen molar-refractivity contribution in [2.75, 3.05) is 20.8 Å². The van der Waals surface area contributed by atoms with Gasteiger partial charge in [-0.3, -0.25) is 4.79 Å². The summed E-state index contributed by atoms with van der Waals surface area (Å²) in [6, 6.07) is 11.1. The van der Waals surface area contributed by atoms with Crippen molar-refractivity contribution in [2.45, 2.75) is 33.4 Å². The fourth-order valence-electron chi connectivity index (χ4n) is 2.66. The number of methoxy groups -OCH3 is 2. The molecule has 0 radical (unpaired) electrons. The van der Waals surface area contributed by atoms with E-state index < -0.39 is 0 Å². The lowest BCUT2D eigenvalue weighted by Crippen LogP contribution is -2.20. The van der Waals surface area contributed by atoms with E-state index >= 15 is 0 Å². The molecule has 0 heterocycles. The second-order valence-electron chi connectivity index (χ2n) is 6.55. The summed E-state index contributed by atoms with van der Waals surface area (Å²) in [6.07, 6.45) is 3.27. The summed E-state index contributed by atoms with van der Waals surface area (Å²) in [5, 5.41) is 2.86. The third-order valence-corrected chi connectivity index (χ3v) is 3.97. The van der Waals surface area contributed by atoms with Crippen molar-refractivity contribution >= 4 is 12.0 Å². The van der Waals surface area contributed by atoms with Crippen molar-refractivity contribution in [1.29, 1.82) is 0 Å². The Morgan fingerprint density at radius 1 is 1.00 bits per heavy atom. The third kappa shape index (κ3) is 6.75. The predicted molar refractivity (Wildman–Crippen MR) is 114 cm³/mol. The van der Waals surface area contributed by atoms with E-state index in [1.165, 1.54) is 6.08 Å². The molecule has 0 saturated heterocycles. The maximum Gasteiger partial charge on any atom is 0.244 e. The van der Waals surface area contributed by atoms with Gasteiger partial charge in [-0.1, -0.05) is 12.1 Å². The van der Waals surface area contributed by atoms with Crippen LogP contribution in [0.3, 0.4) is 0 Å². The van der Waals surface area contributed by atoms with E-state index in [4.69, 9.17) is 18.9 Å². The Labute approximate surface area is 172 Å². The molecule has 0 aliphatic carbocycles.